The third-order valence-corrected chi connectivity index (χ3v) is 4.46. The van der Waals surface area contributed by atoms with Gasteiger partial charge in [0.2, 0.25) is 11.8 Å². The second-order valence-electron chi connectivity index (χ2n) is 6.52. The topological polar surface area (TPSA) is 102 Å². The smallest absolute Gasteiger partial charge is 0.269 e. The van der Waals surface area contributed by atoms with Crippen LogP contribution in [0.2, 0.25) is 0 Å². The molecule has 1 fully saturated rings. The van der Waals surface area contributed by atoms with Gasteiger partial charge in [-0.25, -0.2) is 0 Å². The Morgan fingerprint density at radius 3 is 2.55 bits per heavy atom. The summed E-state index contributed by atoms with van der Waals surface area (Å²) in [6, 6.07) is 12.9. The third kappa shape index (κ3) is 5.19. The fourth-order valence-electron chi connectivity index (χ4n) is 3.07. The number of nitrogens with zero attached hydrogens (tertiary/aromatic N) is 2. The van der Waals surface area contributed by atoms with Gasteiger partial charge in [0, 0.05) is 36.9 Å². The normalized spacial score (nSPS) is 16.2. The van der Waals surface area contributed by atoms with Crippen molar-refractivity contribution < 1.29 is 19.2 Å². The largest absolute Gasteiger partial charge is 0.494 e. The van der Waals surface area contributed by atoms with E-state index in [-0.39, 0.29) is 30.0 Å². The maximum atomic E-state index is 12.3. The van der Waals surface area contributed by atoms with E-state index >= 15 is 0 Å². The number of hydrogen-bond donors (Lipinski definition) is 1. The van der Waals surface area contributed by atoms with Crippen molar-refractivity contribution in [3.63, 3.8) is 0 Å². The third-order valence-electron chi connectivity index (χ3n) is 4.46. The Bertz CT molecular complexity index is 922. The Morgan fingerprint density at radius 2 is 1.93 bits per heavy atom. The Labute approximate surface area is 167 Å². The van der Waals surface area contributed by atoms with Gasteiger partial charge in [0.1, 0.15) is 5.75 Å². The first kappa shape index (κ1) is 20.1. The van der Waals surface area contributed by atoms with Crippen LogP contribution in [0.4, 0.5) is 11.4 Å². The number of ether oxygens (including phenoxy) is 1. The molecule has 3 rings (SSSR count). The zero-order chi connectivity index (χ0) is 20.8. The van der Waals surface area contributed by atoms with Gasteiger partial charge in [0.05, 0.1) is 17.6 Å². The van der Waals surface area contributed by atoms with E-state index in [9.17, 15) is 19.7 Å². The van der Waals surface area contributed by atoms with E-state index < -0.39 is 4.92 Å². The lowest BCUT2D eigenvalue weighted by molar-refractivity contribution is -0.384. The number of carbonyl (C=O) groups excluding carboxylic acids is 2. The first-order valence-corrected chi connectivity index (χ1v) is 9.22. The first-order chi connectivity index (χ1) is 14.0. The van der Waals surface area contributed by atoms with Gasteiger partial charge in [0.25, 0.3) is 5.69 Å². The highest BCUT2D eigenvalue weighted by molar-refractivity contribution is 5.98. The van der Waals surface area contributed by atoms with Crippen LogP contribution in [0.3, 0.4) is 0 Å². The van der Waals surface area contributed by atoms with E-state index in [4.69, 9.17) is 4.74 Å². The molecule has 8 heteroatoms. The molecular weight excluding hydrogens is 374 g/mol. The molecule has 1 aliphatic rings. The van der Waals surface area contributed by atoms with Crippen LogP contribution in [0.1, 0.15) is 18.9 Å². The fraction of sp³-hybridized carbons (Fsp3) is 0.238. The van der Waals surface area contributed by atoms with Crippen molar-refractivity contribution in [2.45, 2.75) is 19.4 Å². The molecule has 1 heterocycles. The summed E-state index contributed by atoms with van der Waals surface area (Å²) in [7, 11) is 0. The van der Waals surface area contributed by atoms with E-state index in [1.807, 2.05) is 31.2 Å². The summed E-state index contributed by atoms with van der Waals surface area (Å²) in [6.45, 7) is 2.87. The quantitative estimate of drug-likeness (QED) is 0.441. The molecular formula is C21H21N3O5. The minimum absolute atomic E-state index is 0.00884. The molecule has 0 bridgehead atoms. The van der Waals surface area contributed by atoms with Crippen molar-refractivity contribution >= 4 is 29.3 Å². The minimum atomic E-state index is -0.479. The molecule has 150 valence electrons. The Morgan fingerprint density at radius 1 is 1.24 bits per heavy atom. The molecule has 1 unspecified atom stereocenters. The lowest BCUT2D eigenvalue weighted by Gasteiger charge is -2.17. The van der Waals surface area contributed by atoms with Crippen molar-refractivity contribution in [2.24, 2.45) is 0 Å². The van der Waals surface area contributed by atoms with Gasteiger partial charge in [-0.1, -0.05) is 0 Å². The number of non-ortho nitro benzene ring substituents is 1. The predicted octanol–water partition coefficient (Wildman–Crippen LogP) is 2.93. The average molecular weight is 395 g/mol. The Hall–Kier alpha value is -3.68. The van der Waals surface area contributed by atoms with E-state index in [1.165, 1.54) is 18.2 Å². The van der Waals surface area contributed by atoms with Crippen LogP contribution >= 0.6 is 0 Å². The van der Waals surface area contributed by atoms with Gasteiger partial charge in [-0.3, -0.25) is 19.7 Å². The van der Waals surface area contributed by atoms with E-state index in [0.29, 0.717) is 18.7 Å². The molecule has 2 aromatic carbocycles. The summed E-state index contributed by atoms with van der Waals surface area (Å²) in [5.41, 5.74) is 1.42. The SMILES string of the molecule is CCOc1ccc(N2CC(NC(=O)/C=C\c3ccc([N+](=O)[O-])cc3)CC2=O)cc1. The molecule has 1 saturated heterocycles. The zero-order valence-corrected chi connectivity index (χ0v) is 15.9. The zero-order valence-electron chi connectivity index (χ0n) is 15.9. The highest BCUT2D eigenvalue weighted by Crippen LogP contribution is 2.24. The van der Waals surface area contributed by atoms with Gasteiger partial charge in [-0.15, -0.1) is 0 Å². The minimum Gasteiger partial charge on any atom is -0.494 e. The number of hydrogen-bond acceptors (Lipinski definition) is 5. The lowest BCUT2D eigenvalue weighted by atomic mass is 10.2. The summed E-state index contributed by atoms with van der Waals surface area (Å²) in [6.07, 6.45) is 3.15. The molecule has 1 aliphatic heterocycles. The number of nitro groups is 1. The maximum absolute atomic E-state index is 12.3. The van der Waals surface area contributed by atoms with Crippen LogP contribution in [0, 0.1) is 10.1 Å². The number of benzene rings is 2. The van der Waals surface area contributed by atoms with Crippen molar-refractivity contribution in [1.29, 1.82) is 0 Å². The molecule has 8 nitrogen and oxygen atoms in total. The summed E-state index contributed by atoms with van der Waals surface area (Å²) in [5, 5.41) is 13.5. The Kier molecular flexibility index (Phi) is 6.23. The fourth-order valence-corrected chi connectivity index (χ4v) is 3.07. The van der Waals surface area contributed by atoms with E-state index in [0.717, 1.165) is 11.4 Å². The highest BCUT2D eigenvalue weighted by atomic mass is 16.6. The molecule has 2 amide bonds. The maximum Gasteiger partial charge on any atom is 0.269 e. The second-order valence-corrected chi connectivity index (χ2v) is 6.52. The summed E-state index contributed by atoms with van der Waals surface area (Å²) < 4.78 is 5.40. The number of anilines is 1. The highest BCUT2D eigenvalue weighted by Gasteiger charge is 2.31. The average Bonchev–Trinajstić information content (AvgIpc) is 3.07. The first-order valence-electron chi connectivity index (χ1n) is 9.22. The van der Waals surface area contributed by atoms with Gasteiger partial charge in [-0.05, 0) is 55.0 Å². The second kappa shape index (κ2) is 9.01. The standard InChI is InChI=1S/C21H21N3O5/c1-2-29-19-10-8-17(9-11-19)23-14-16(13-21(23)26)22-20(25)12-5-15-3-6-18(7-4-15)24(27)28/h3-12,16H,2,13-14H2,1H3,(H,22,25)/b12-5-. The molecule has 1 N–H and O–H groups in total. The molecule has 0 radical (unpaired) electrons. The molecule has 0 aromatic heterocycles. The summed E-state index contributed by atoms with van der Waals surface area (Å²) >= 11 is 0. The molecule has 1 atom stereocenters. The van der Waals surface area contributed by atoms with Crippen LogP contribution in [-0.4, -0.2) is 35.9 Å². The number of carbonyl (C=O) groups is 2. The van der Waals surface area contributed by atoms with Crippen LogP contribution in [0.25, 0.3) is 6.08 Å². The van der Waals surface area contributed by atoms with E-state index in [2.05, 4.69) is 5.32 Å². The molecule has 2 aromatic rings. The van der Waals surface area contributed by atoms with Crippen LogP contribution in [0.5, 0.6) is 5.75 Å². The molecule has 0 saturated carbocycles. The van der Waals surface area contributed by atoms with Crippen LogP contribution in [-0.2, 0) is 9.59 Å². The number of amides is 2. The number of nitro benzene ring substituents is 1. The van der Waals surface area contributed by atoms with Crippen molar-refractivity contribution in [1.82, 2.24) is 5.32 Å². The number of rotatable bonds is 7. The molecule has 29 heavy (non-hydrogen) atoms. The van der Waals surface area contributed by atoms with Gasteiger partial charge < -0.3 is 15.0 Å². The summed E-state index contributed by atoms with van der Waals surface area (Å²) in [5.74, 6) is 0.359. The van der Waals surface area contributed by atoms with Crippen molar-refractivity contribution in [3.05, 3.63) is 70.3 Å². The summed E-state index contributed by atoms with van der Waals surface area (Å²) in [4.78, 5) is 36.3. The van der Waals surface area contributed by atoms with Gasteiger partial charge in [-0.2, -0.15) is 0 Å². The van der Waals surface area contributed by atoms with Gasteiger partial charge in [0.15, 0.2) is 0 Å². The van der Waals surface area contributed by atoms with Crippen LogP contribution in [0.15, 0.2) is 54.6 Å². The van der Waals surface area contributed by atoms with Crippen molar-refractivity contribution in [3.8, 4) is 5.75 Å². The Balaban J connectivity index is 1.56. The number of nitrogens with one attached hydrogen (secondary N) is 1. The van der Waals surface area contributed by atoms with E-state index in [1.54, 1.807) is 23.1 Å². The monoisotopic (exact) mass is 395 g/mol. The predicted molar refractivity (Wildman–Crippen MR) is 109 cm³/mol. The molecule has 0 aliphatic carbocycles. The van der Waals surface area contributed by atoms with Gasteiger partial charge >= 0.3 is 0 Å². The lowest BCUT2D eigenvalue weighted by Crippen LogP contribution is -2.36. The van der Waals surface area contributed by atoms with Crippen molar-refractivity contribution in [2.75, 3.05) is 18.1 Å². The van der Waals surface area contributed by atoms with Crippen LogP contribution < -0.4 is 15.0 Å². The molecule has 0 spiro atoms.